The number of aromatic nitrogens is 1. The SMILES string of the molecule is CC(C)CC1(C(=O)Nc2nc3ccc(OC(F)(F)F)cc3s2)CCCC1. The molecule has 1 saturated carbocycles. The van der Waals surface area contributed by atoms with Crippen molar-refractivity contribution >= 4 is 32.6 Å². The van der Waals surface area contributed by atoms with Crippen LogP contribution in [0.15, 0.2) is 18.2 Å². The molecule has 0 saturated heterocycles. The molecule has 0 unspecified atom stereocenters. The van der Waals surface area contributed by atoms with E-state index in [-0.39, 0.29) is 17.1 Å². The third-order valence-corrected chi connectivity index (χ3v) is 5.59. The van der Waals surface area contributed by atoms with Crippen LogP contribution in [0.25, 0.3) is 10.2 Å². The predicted octanol–water partition coefficient (Wildman–Crippen LogP) is 5.74. The number of hydrogen-bond donors (Lipinski definition) is 1. The Morgan fingerprint density at radius 3 is 2.65 bits per heavy atom. The largest absolute Gasteiger partial charge is 0.573 e. The summed E-state index contributed by atoms with van der Waals surface area (Å²) in [6.45, 7) is 4.21. The Morgan fingerprint density at radius 2 is 2.04 bits per heavy atom. The van der Waals surface area contributed by atoms with Crippen LogP contribution in [-0.4, -0.2) is 17.3 Å². The van der Waals surface area contributed by atoms with E-state index in [1.807, 2.05) is 0 Å². The van der Waals surface area contributed by atoms with Crippen LogP contribution < -0.4 is 10.1 Å². The molecule has 4 nitrogen and oxygen atoms in total. The number of nitrogens with zero attached hydrogens (tertiary/aromatic N) is 1. The molecule has 1 amide bonds. The normalized spacial score (nSPS) is 17.0. The molecule has 1 aliphatic carbocycles. The van der Waals surface area contributed by atoms with Crippen LogP contribution in [0.5, 0.6) is 5.75 Å². The van der Waals surface area contributed by atoms with Gasteiger partial charge < -0.3 is 10.1 Å². The standard InChI is InChI=1S/C18H21F3N2O2S/c1-11(2)10-17(7-3-4-8-17)15(24)23-16-22-13-6-5-12(9-14(13)26-16)25-18(19,20)21/h5-6,9,11H,3-4,7-8,10H2,1-2H3,(H,22,23,24). The third-order valence-electron chi connectivity index (χ3n) is 4.66. The number of anilines is 1. The van der Waals surface area contributed by atoms with Crippen LogP contribution in [0, 0.1) is 11.3 Å². The first-order chi connectivity index (χ1) is 12.2. The van der Waals surface area contributed by atoms with Crippen LogP contribution in [0.3, 0.4) is 0 Å². The lowest BCUT2D eigenvalue weighted by Crippen LogP contribution is -2.35. The first kappa shape index (κ1) is 18.9. The maximum atomic E-state index is 12.9. The summed E-state index contributed by atoms with van der Waals surface area (Å²) in [7, 11) is 0. The van der Waals surface area contributed by atoms with Gasteiger partial charge in [-0.2, -0.15) is 0 Å². The fraction of sp³-hybridized carbons (Fsp3) is 0.556. The van der Waals surface area contributed by atoms with E-state index < -0.39 is 6.36 Å². The van der Waals surface area contributed by atoms with E-state index in [0.717, 1.165) is 43.4 Å². The van der Waals surface area contributed by atoms with Crippen LogP contribution in [0.4, 0.5) is 18.3 Å². The molecule has 0 spiro atoms. The van der Waals surface area contributed by atoms with Crippen molar-refractivity contribution in [3.63, 3.8) is 0 Å². The molecule has 1 N–H and O–H groups in total. The fourth-order valence-electron chi connectivity index (χ4n) is 3.74. The molecule has 1 aromatic heterocycles. The number of rotatable bonds is 5. The average molecular weight is 386 g/mol. The lowest BCUT2D eigenvalue weighted by atomic mass is 9.78. The van der Waals surface area contributed by atoms with Crippen molar-refractivity contribution < 1.29 is 22.7 Å². The van der Waals surface area contributed by atoms with E-state index >= 15 is 0 Å². The molecular formula is C18H21F3N2O2S. The van der Waals surface area contributed by atoms with E-state index in [2.05, 4.69) is 28.9 Å². The van der Waals surface area contributed by atoms with Crippen molar-refractivity contribution in [2.75, 3.05) is 5.32 Å². The second kappa shape index (κ2) is 7.06. The topological polar surface area (TPSA) is 51.2 Å². The van der Waals surface area contributed by atoms with E-state index in [9.17, 15) is 18.0 Å². The van der Waals surface area contributed by atoms with Crippen molar-refractivity contribution in [1.82, 2.24) is 4.98 Å². The number of nitrogens with one attached hydrogen (secondary N) is 1. The summed E-state index contributed by atoms with van der Waals surface area (Å²) >= 11 is 1.15. The number of thiazole rings is 1. The highest BCUT2D eigenvalue weighted by Crippen LogP contribution is 2.44. The lowest BCUT2D eigenvalue weighted by molar-refractivity contribution is -0.274. The van der Waals surface area contributed by atoms with Gasteiger partial charge in [-0.3, -0.25) is 4.79 Å². The molecule has 26 heavy (non-hydrogen) atoms. The second-order valence-electron chi connectivity index (χ2n) is 7.24. The molecule has 3 rings (SSSR count). The first-order valence-electron chi connectivity index (χ1n) is 8.65. The van der Waals surface area contributed by atoms with Crippen LogP contribution in [0.2, 0.25) is 0 Å². The highest BCUT2D eigenvalue weighted by molar-refractivity contribution is 7.22. The maximum Gasteiger partial charge on any atom is 0.573 e. The summed E-state index contributed by atoms with van der Waals surface area (Å²) in [5.41, 5.74) is 0.167. The monoisotopic (exact) mass is 386 g/mol. The molecule has 2 aromatic rings. The van der Waals surface area contributed by atoms with Crippen molar-refractivity contribution in [2.24, 2.45) is 11.3 Å². The smallest absolute Gasteiger partial charge is 0.406 e. The minimum atomic E-state index is -4.74. The summed E-state index contributed by atoms with van der Waals surface area (Å²) in [4.78, 5) is 17.2. The van der Waals surface area contributed by atoms with Gasteiger partial charge in [-0.25, -0.2) is 4.98 Å². The first-order valence-corrected chi connectivity index (χ1v) is 9.46. The second-order valence-corrected chi connectivity index (χ2v) is 8.27. The molecule has 142 valence electrons. The summed E-state index contributed by atoms with van der Waals surface area (Å²) in [6, 6.07) is 3.97. The number of amides is 1. The number of fused-ring (bicyclic) bond motifs is 1. The summed E-state index contributed by atoms with van der Waals surface area (Å²) in [6.07, 6.45) is -0.0956. The highest BCUT2D eigenvalue weighted by atomic mass is 32.1. The van der Waals surface area contributed by atoms with Gasteiger partial charge >= 0.3 is 6.36 Å². The molecule has 1 aliphatic rings. The van der Waals surface area contributed by atoms with Gasteiger partial charge in [0.25, 0.3) is 0 Å². The number of hydrogen-bond acceptors (Lipinski definition) is 4. The Bertz CT molecular complexity index is 795. The number of carbonyl (C=O) groups excluding carboxylic acids is 1. The van der Waals surface area contributed by atoms with Crippen molar-refractivity contribution in [2.45, 2.75) is 52.3 Å². The zero-order valence-corrected chi connectivity index (χ0v) is 15.5. The van der Waals surface area contributed by atoms with Gasteiger partial charge in [0.1, 0.15) is 5.75 Å². The predicted molar refractivity (Wildman–Crippen MR) is 95.3 cm³/mol. The van der Waals surface area contributed by atoms with E-state index in [0.29, 0.717) is 21.3 Å². The minimum absolute atomic E-state index is 0.0329. The van der Waals surface area contributed by atoms with E-state index in [1.54, 1.807) is 0 Å². The third kappa shape index (κ3) is 4.28. The summed E-state index contributed by atoms with van der Waals surface area (Å²) < 4.78 is 41.5. The van der Waals surface area contributed by atoms with Gasteiger partial charge in [-0.1, -0.05) is 38.0 Å². The minimum Gasteiger partial charge on any atom is -0.406 e. The zero-order chi connectivity index (χ0) is 18.9. The van der Waals surface area contributed by atoms with Crippen LogP contribution >= 0.6 is 11.3 Å². The van der Waals surface area contributed by atoms with Gasteiger partial charge in [-0.15, -0.1) is 13.2 Å². The number of alkyl halides is 3. The number of benzene rings is 1. The van der Waals surface area contributed by atoms with Gasteiger partial charge in [0.2, 0.25) is 5.91 Å². The van der Waals surface area contributed by atoms with Crippen molar-refractivity contribution in [3.8, 4) is 5.75 Å². The number of ether oxygens (including phenoxy) is 1. The molecule has 0 bridgehead atoms. The number of halogens is 3. The molecule has 1 fully saturated rings. The van der Waals surface area contributed by atoms with E-state index in [4.69, 9.17) is 0 Å². The molecule has 8 heteroatoms. The lowest BCUT2D eigenvalue weighted by Gasteiger charge is -2.28. The number of carbonyl (C=O) groups is 1. The molecular weight excluding hydrogens is 365 g/mol. The van der Waals surface area contributed by atoms with Crippen molar-refractivity contribution in [3.05, 3.63) is 18.2 Å². The average Bonchev–Trinajstić information content (AvgIpc) is 3.11. The zero-order valence-electron chi connectivity index (χ0n) is 14.7. The highest BCUT2D eigenvalue weighted by Gasteiger charge is 2.41. The van der Waals surface area contributed by atoms with Crippen LogP contribution in [-0.2, 0) is 4.79 Å². The van der Waals surface area contributed by atoms with E-state index in [1.165, 1.54) is 18.2 Å². The van der Waals surface area contributed by atoms with Gasteiger partial charge in [0, 0.05) is 11.5 Å². The van der Waals surface area contributed by atoms with Gasteiger partial charge in [0.05, 0.1) is 10.2 Å². The van der Waals surface area contributed by atoms with Gasteiger partial charge in [0.15, 0.2) is 5.13 Å². The molecule has 1 aromatic carbocycles. The molecule has 0 atom stereocenters. The van der Waals surface area contributed by atoms with Gasteiger partial charge in [-0.05, 0) is 37.3 Å². The molecule has 0 aliphatic heterocycles. The Balaban J connectivity index is 1.79. The van der Waals surface area contributed by atoms with Crippen molar-refractivity contribution in [1.29, 1.82) is 0 Å². The summed E-state index contributed by atoms with van der Waals surface area (Å²) in [5, 5.41) is 3.30. The maximum absolute atomic E-state index is 12.9. The molecule has 0 radical (unpaired) electrons. The Hall–Kier alpha value is -1.83. The fourth-order valence-corrected chi connectivity index (χ4v) is 4.63. The Labute approximate surface area is 153 Å². The Kier molecular flexibility index (Phi) is 5.14. The van der Waals surface area contributed by atoms with Crippen LogP contribution in [0.1, 0.15) is 46.0 Å². The summed E-state index contributed by atoms with van der Waals surface area (Å²) in [5.74, 6) is 0.0874. The molecule has 1 heterocycles. The Morgan fingerprint density at radius 1 is 1.35 bits per heavy atom. The quantitative estimate of drug-likeness (QED) is 0.713.